The summed E-state index contributed by atoms with van der Waals surface area (Å²) in [7, 11) is 0. The molecule has 0 aromatic carbocycles. The van der Waals surface area contributed by atoms with Crippen molar-refractivity contribution in [2.24, 2.45) is 40.4 Å². The first kappa shape index (κ1) is 17.6. The van der Waals surface area contributed by atoms with Crippen molar-refractivity contribution in [2.75, 3.05) is 0 Å². The predicted molar refractivity (Wildman–Crippen MR) is 98.0 cm³/mol. The van der Waals surface area contributed by atoms with Gasteiger partial charge in [-0.1, -0.05) is 32.4 Å². The van der Waals surface area contributed by atoms with Crippen LogP contribution in [0.25, 0.3) is 0 Å². The maximum Gasteiger partial charge on any atom is 0.306 e. The highest BCUT2D eigenvalue weighted by Gasteiger charge is 2.59. The molecule has 0 spiro atoms. The van der Waals surface area contributed by atoms with E-state index >= 15 is 0 Å². The van der Waals surface area contributed by atoms with Crippen LogP contribution in [0.5, 0.6) is 0 Å². The number of carboxylic acids is 1. The van der Waals surface area contributed by atoms with Gasteiger partial charge in [0.1, 0.15) is 0 Å². The van der Waals surface area contributed by atoms with Crippen molar-refractivity contribution in [2.45, 2.75) is 78.2 Å². The summed E-state index contributed by atoms with van der Waals surface area (Å²) in [6.07, 6.45) is 11.1. The van der Waals surface area contributed by atoms with Crippen LogP contribution in [0.1, 0.15) is 72.1 Å². The highest BCUT2D eigenvalue weighted by Crippen LogP contribution is 2.67. The van der Waals surface area contributed by atoms with Crippen LogP contribution < -0.4 is 0 Å². The van der Waals surface area contributed by atoms with Crippen LogP contribution in [-0.4, -0.2) is 22.3 Å². The molecule has 0 amide bonds. The van der Waals surface area contributed by atoms with Gasteiger partial charge in [-0.2, -0.15) is 0 Å². The highest BCUT2D eigenvalue weighted by atomic mass is 16.4. The smallest absolute Gasteiger partial charge is 0.306 e. The van der Waals surface area contributed by atoms with Gasteiger partial charge in [0.25, 0.3) is 0 Å². The van der Waals surface area contributed by atoms with Gasteiger partial charge in [-0.15, -0.1) is 0 Å². The molecular formula is C22H34O3. The van der Waals surface area contributed by atoms with E-state index in [4.69, 9.17) is 0 Å². The van der Waals surface area contributed by atoms with E-state index in [9.17, 15) is 15.0 Å². The fourth-order valence-corrected chi connectivity index (χ4v) is 7.68. The first-order valence-corrected chi connectivity index (χ1v) is 10.4. The fourth-order valence-electron chi connectivity index (χ4n) is 7.68. The van der Waals surface area contributed by atoms with E-state index in [1.54, 1.807) is 0 Å². The standard InChI is InChI=1S/C22H34O3/c1-13(20(24)25)17-6-7-18-16-5-4-14-12-15(23)8-10-21(14,2)19(16)9-11-22(17,18)3/h4,13,15-19,23H,5-12H2,1-3H3,(H,24,25)/t13-,15+,16-,17+,18-,19-,21-,22+/m0/s1. The Morgan fingerprint density at radius 3 is 2.64 bits per heavy atom. The number of carboxylic acid groups (broad SMARTS) is 1. The Kier molecular flexibility index (Phi) is 4.10. The molecule has 2 N–H and O–H groups in total. The van der Waals surface area contributed by atoms with Crippen molar-refractivity contribution >= 4 is 5.97 Å². The van der Waals surface area contributed by atoms with E-state index in [0.29, 0.717) is 17.8 Å². The summed E-state index contributed by atoms with van der Waals surface area (Å²) in [5.74, 6) is 1.63. The molecule has 3 nitrogen and oxygen atoms in total. The zero-order valence-electron chi connectivity index (χ0n) is 16.0. The topological polar surface area (TPSA) is 57.5 Å². The van der Waals surface area contributed by atoms with Crippen molar-refractivity contribution in [1.29, 1.82) is 0 Å². The molecule has 140 valence electrons. The van der Waals surface area contributed by atoms with Crippen molar-refractivity contribution in [3.63, 3.8) is 0 Å². The number of rotatable bonds is 2. The molecule has 3 heteroatoms. The Bertz CT molecular complexity index is 596. The third-order valence-corrected chi connectivity index (χ3v) is 9.14. The van der Waals surface area contributed by atoms with Gasteiger partial charge in [0.2, 0.25) is 0 Å². The second-order valence-corrected chi connectivity index (χ2v) is 10.0. The highest BCUT2D eigenvalue weighted by molar-refractivity contribution is 5.70. The quantitative estimate of drug-likeness (QED) is 0.716. The molecule has 25 heavy (non-hydrogen) atoms. The monoisotopic (exact) mass is 346 g/mol. The summed E-state index contributed by atoms with van der Waals surface area (Å²) >= 11 is 0. The summed E-state index contributed by atoms with van der Waals surface area (Å²) in [5.41, 5.74) is 2.00. The van der Waals surface area contributed by atoms with Crippen molar-refractivity contribution in [3.8, 4) is 0 Å². The van der Waals surface area contributed by atoms with Gasteiger partial charge in [-0.05, 0) is 85.9 Å². The number of aliphatic carboxylic acids is 1. The molecule has 3 fully saturated rings. The lowest BCUT2D eigenvalue weighted by Crippen LogP contribution is -2.51. The predicted octanol–water partition coefficient (Wildman–Crippen LogP) is 4.65. The SMILES string of the molecule is C[C@H](C(=O)O)[C@H]1CC[C@H]2[C@@H]3CC=C4C[C@H](O)CC[C@]4(C)[C@H]3CC[C@]12C. The zero-order valence-corrected chi connectivity index (χ0v) is 16.0. The van der Waals surface area contributed by atoms with E-state index in [2.05, 4.69) is 19.9 Å². The summed E-state index contributed by atoms with van der Waals surface area (Å²) in [5, 5.41) is 19.7. The van der Waals surface area contributed by atoms with Gasteiger partial charge >= 0.3 is 5.97 Å². The van der Waals surface area contributed by atoms with Crippen molar-refractivity contribution < 1.29 is 15.0 Å². The molecule has 4 aliphatic rings. The minimum absolute atomic E-state index is 0.142. The molecular weight excluding hydrogens is 312 g/mol. The number of aliphatic hydroxyl groups excluding tert-OH is 1. The van der Waals surface area contributed by atoms with Gasteiger partial charge in [0, 0.05) is 0 Å². The van der Waals surface area contributed by atoms with Gasteiger partial charge in [-0.25, -0.2) is 0 Å². The lowest BCUT2D eigenvalue weighted by Gasteiger charge is -2.58. The second-order valence-electron chi connectivity index (χ2n) is 10.0. The van der Waals surface area contributed by atoms with Crippen LogP contribution >= 0.6 is 0 Å². The largest absolute Gasteiger partial charge is 0.481 e. The normalized spacial score (nSPS) is 50.2. The minimum atomic E-state index is -0.618. The molecule has 0 aromatic heterocycles. The number of allylic oxidation sites excluding steroid dienone is 1. The van der Waals surface area contributed by atoms with E-state index in [0.717, 1.165) is 38.0 Å². The summed E-state index contributed by atoms with van der Waals surface area (Å²) < 4.78 is 0. The van der Waals surface area contributed by atoms with E-state index in [1.807, 2.05) is 6.92 Å². The van der Waals surface area contributed by atoms with Crippen LogP contribution in [0.4, 0.5) is 0 Å². The molecule has 0 heterocycles. The number of carbonyl (C=O) groups is 1. The first-order chi connectivity index (χ1) is 11.8. The second kappa shape index (κ2) is 5.84. The number of hydrogen-bond donors (Lipinski definition) is 2. The lowest BCUT2D eigenvalue weighted by atomic mass is 9.47. The minimum Gasteiger partial charge on any atom is -0.481 e. The molecule has 8 atom stereocenters. The average molecular weight is 347 g/mol. The number of hydrogen-bond acceptors (Lipinski definition) is 2. The maximum atomic E-state index is 11.6. The summed E-state index contributed by atoms with van der Waals surface area (Å²) in [4.78, 5) is 11.6. The number of fused-ring (bicyclic) bond motifs is 5. The third kappa shape index (κ3) is 2.44. The molecule has 0 radical (unpaired) electrons. The van der Waals surface area contributed by atoms with Crippen LogP contribution in [0.3, 0.4) is 0 Å². The van der Waals surface area contributed by atoms with Crippen molar-refractivity contribution in [3.05, 3.63) is 11.6 Å². The van der Waals surface area contributed by atoms with Crippen LogP contribution in [0, 0.1) is 40.4 Å². The summed E-state index contributed by atoms with van der Waals surface area (Å²) in [6, 6.07) is 0. The molecule has 0 aliphatic heterocycles. The molecule has 0 unspecified atom stereocenters. The van der Waals surface area contributed by atoms with E-state index in [1.165, 1.54) is 24.8 Å². The molecule has 0 aromatic rings. The van der Waals surface area contributed by atoms with Crippen LogP contribution in [-0.2, 0) is 4.79 Å². The fraction of sp³-hybridized carbons (Fsp3) is 0.864. The molecule has 4 rings (SSSR count). The summed E-state index contributed by atoms with van der Waals surface area (Å²) in [6.45, 7) is 6.78. The van der Waals surface area contributed by atoms with Crippen LogP contribution in [0.15, 0.2) is 11.6 Å². The lowest BCUT2D eigenvalue weighted by molar-refractivity contribution is -0.146. The Morgan fingerprint density at radius 2 is 1.92 bits per heavy atom. The van der Waals surface area contributed by atoms with E-state index < -0.39 is 5.97 Å². The molecule has 0 saturated heterocycles. The van der Waals surface area contributed by atoms with Crippen LogP contribution in [0.2, 0.25) is 0 Å². The number of aliphatic hydroxyl groups is 1. The first-order valence-electron chi connectivity index (χ1n) is 10.4. The average Bonchev–Trinajstić information content (AvgIpc) is 2.92. The Labute approximate surface area is 151 Å². The zero-order chi connectivity index (χ0) is 18.0. The molecule has 0 bridgehead atoms. The van der Waals surface area contributed by atoms with Crippen molar-refractivity contribution in [1.82, 2.24) is 0 Å². The Balaban J connectivity index is 1.63. The van der Waals surface area contributed by atoms with Gasteiger partial charge in [0.15, 0.2) is 0 Å². The van der Waals surface area contributed by atoms with Gasteiger partial charge in [0.05, 0.1) is 12.0 Å². The maximum absolute atomic E-state index is 11.6. The van der Waals surface area contributed by atoms with Gasteiger partial charge < -0.3 is 10.2 Å². The Hall–Kier alpha value is -0.830. The van der Waals surface area contributed by atoms with E-state index in [-0.39, 0.29) is 22.9 Å². The molecule has 4 aliphatic carbocycles. The van der Waals surface area contributed by atoms with Gasteiger partial charge in [-0.3, -0.25) is 4.79 Å². The third-order valence-electron chi connectivity index (χ3n) is 9.14. The Morgan fingerprint density at radius 1 is 1.16 bits per heavy atom. The molecule has 3 saturated carbocycles.